The van der Waals surface area contributed by atoms with Gasteiger partial charge in [-0.3, -0.25) is 28.8 Å². The number of hydrogen-bond acceptors (Lipinski definition) is 6. The van der Waals surface area contributed by atoms with Gasteiger partial charge in [0.05, 0.1) is 0 Å². The van der Waals surface area contributed by atoms with Gasteiger partial charge in [-0.15, -0.1) is 0 Å². The summed E-state index contributed by atoms with van der Waals surface area (Å²) in [6.07, 6.45) is 0. The Morgan fingerprint density at radius 1 is 0.360 bits per heavy atom. The number of carboxylic acid groups (broad SMARTS) is 6. The molecule has 0 unspecified atom stereocenters. The van der Waals surface area contributed by atoms with Crippen LogP contribution in [0, 0.1) is 0 Å². The van der Waals surface area contributed by atoms with Crippen LogP contribution < -0.4 is 0 Å². The van der Waals surface area contributed by atoms with Gasteiger partial charge < -0.3 is 30.6 Å². The molecule has 0 aromatic rings. The molecule has 0 atom stereocenters. The summed E-state index contributed by atoms with van der Waals surface area (Å²) < 4.78 is 0. The summed E-state index contributed by atoms with van der Waals surface area (Å²) in [6.45, 7) is 6.50. The van der Waals surface area contributed by atoms with Crippen molar-refractivity contribution in [2.24, 2.45) is 0 Å². The van der Waals surface area contributed by atoms with Gasteiger partial charge in [-0.25, -0.2) is 0 Å². The van der Waals surface area contributed by atoms with E-state index in [-0.39, 0.29) is 19.8 Å². The van der Waals surface area contributed by atoms with E-state index in [1.54, 1.807) is 0 Å². The quantitative estimate of drug-likeness (QED) is 0.243. The first-order valence-electron chi connectivity index (χ1n) is 5.57. The van der Waals surface area contributed by atoms with Gasteiger partial charge in [-0.05, 0) is 0 Å². The SMILES string of the molecule is CC(=O)O.CC(=O)O.CC(=O)O.CC(=O)O.CC(=O)O.CC(=O)O.[Os]. The molecular formula is C12H24O12Os. The third-order valence-electron chi connectivity index (χ3n) is 0. The Kier molecular flexibility index (Phi) is 65.1. The molecule has 0 spiro atoms. The van der Waals surface area contributed by atoms with Crippen LogP contribution in [0.5, 0.6) is 0 Å². The van der Waals surface area contributed by atoms with Gasteiger partial charge in [0, 0.05) is 61.3 Å². The Bertz CT molecular complexity index is 261. The molecule has 6 N–H and O–H groups in total. The van der Waals surface area contributed by atoms with E-state index < -0.39 is 35.8 Å². The molecule has 0 saturated heterocycles. The Labute approximate surface area is 157 Å². The topological polar surface area (TPSA) is 224 Å². The van der Waals surface area contributed by atoms with Crippen LogP contribution in [-0.4, -0.2) is 66.5 Å². The molecule has 0 aromatic heterocycles. The molecule has 0 saturated carbocycles. The summed E-state index contributed by atoms with van der Waals surface area (Å²) >= 11 is 0. The maximum Gasteiger partial charge on any atom is 0.300 e. The fraction of sp³-hybridized carbons (Fsp3) is 0.500. The van der Waals surface area contributed by atoms with Gasteiger partial charge in [0.2, 0.25) is 0 Å². The van der Waals surface area contributed by atoms with E-state index in [0.717, 1.165) is 41.5 Å². The Morgan fingerprint density at radius 3 is 0.360 bits per heavy atom. The van der Waals surface area contributed by atoms with Crippen molar-refractivity contribution in [2.45, 2.75) is 41.5 Å². The van der Waals surface area contributed by atoms with Crippen molar-refractivity contribution in [2.75, 3.05) is 0 Å². The summed E-state index contributed by atoms with van der Waals surface area (Å²) in [4.78, 5) is 54.0. The fourth-order valence-electron chi connectivity index (χ4n) is 0. The molecule has 0 aromatic carbocycles. The van der Waals surface area contributed by atoms with Gasteiger partial charge >= 0.3 is 0 Å². The average molecular weight is 551 g/mol. The summed E-state index contributed by atoms with van der Waals surface area (Å²) in [5.41, 5.74) is 0. The second-order valence-electron chi connectivity index (χ2n) is 3.11. The molecule has 25 heavy (non-hydrogen) atoms. The predicted molar refractivity (Wildman–Crippen MR) is 79.9 cm³/mol. The maximum absolute atomic E-state index is 9.00. The molecule has 0 aliphatic heterocycles. The number of carbonyl (C=O) groups is 6. The summed E-state index contributed by atoms with van der Waals surface area (Å²) in [6, 6.07) is 0. The second kappa shape index (κ2) is 37.6. The zero-order valence-electron chi connectivity index (χ0n) is 14.5. The van der Waals surface area contributed by atoms with Crippen LogP contribution in [-0.2, 0) is 48.6 Å². The van der Waals surface area contributed by atoms with E-state index in [4.69, 9.17) is 59.4 Å². The van der Waals surface area contributed by atoms with Crippen LogP contribution in [0.15, 0.2) is 0 Å². The average Bonchev–Trinajstić information content (AvgIpc) is 2.08. The van der Waals surface area contributed by atoms with Crippen LogP contribution in [0.25, 0.3) is 0 Å². The number of carboxylic acids is 6. The standard InChI is InChI=1S/6C2H4O2.Os/c6*1-2(3)4;/h6*1H3,(H,3,4);. The van der Waals surface area contributed by atoms with Gasteiger partial charge in [0.1, 0.15) is 0 Å². The summed E-state index contributed by atoms with van der Waals surface area (Å²) in [5, 5.41) is 44.5. The molecule has 13 heteroatoms. The van der Waals surface area contributed by atoms with Crippen molar-refractivity contribution in [1.82, 2.24) is 0 Å². The largest absolute Gasteiger partial charge is 0.481 e. The van der Waals surface area contributed by atoms with Crippen LogP contribution in [0.3, 0.4) is 0 Å². The van der Waals surface area contributed by atoms with Crippen molar-refractivity contribution in [3.63, 3.8) is 0 Å². The maximum atomic E-state index is 9.00. The summed E-state index contributed by atoms with van der Waals surface area (Å²) in [5.74, 6) is -5.00. The molecule has 0 amide bonds. The molecular weight excluding hydrogens is 526 g/mol. The molecule has 12 nitrogen and oxygen atoms in total. The van der Waals surface area contributed by atoms with E-state index >= 15 is 0 Å². The molecule has 0 heterocycles. The van der Waals surface area contributed by atoms with E-state index in [1.165, 1.54) is 0 Å². The van der Waals surface area contributed by atoms with Gasteiger partial charge in [-0.2, -0.15) is 0 Å². The van der Waals surface area contributed by atoms with E-state index in [9.17, 15) is 0 Å². The second-order valence-corrected chi connectivity index (χ2v) is 3.11. The number of rotatable bonds is 0. The van der Waals surface area contributed by atoms with Gasteiger partial charge in [0.25, 0.3) is 35.8 Å². The van der Waals surface area contributed by atoms with E-state index in [0.29, 0.717) is 0 Å². The molecule has 152 valence electrons. The van der Waals surface area contributed by atoms with Gasteiger partial charge in [0.15, 0.2) is 0 Å². The molecule has 0 rings (SSSR count). The Balaban J connectivity index is -0.0000000309. The minimum Gasteiger partial charge on any atom is -0.481 e. The monoisotopic (exact) mass is 552 g/mol. The normalized spacial score (nSPS) is 6.00. The zero-order valence-corrected chi connectivity index (χ0v) is 17.0. The number of aliphatic carboxylic acids is 6. The Hall–Kier alpha value is -2.54. The molecule has 0 aliphatic carbocycles. The molecule has 0 bridgehead atoms. The minimum absolute atomic E-state index is 0. The van der Waals surface area contributed by atoms with Crippen LogP contribution in [0.1, 0.15) is 41.5 Å². The first-order valence-corrected chi connectivity index (χ1v) is 5.57. The van der Waals surface area contributed by atoms with E-state index in [1.807, 2.05) is 0 Å². The fourth-order valence-corrected chi connectivity index (χ4v) is 0. The van der Waals surface area contributed by atoms with Crippen molar-refractivity contribution in [1.29, 1.82) is 0 Å². The van der Waals surface area contributed by atoms with E-state index in [2.05, 4.69) is 0 Å². The summed E-state index contributed by atoms with van der Waals surface area (Å²) in [7, 11) is 0. The molecule has 0 aliphatic rings. The van der Waals surface area contributed by atoms with Crippen molar-refractivity contribution < 1.29 is 79.2 Å². The predicted octanol–water partition coefficient (Wildman–Crippen LogP) is 0.543. The molecule has 0 radical (unpaired) electrons. The van der Waals surface area contributed by atoms with Crippen molar-refractivity contribution in [3.05, 3.63) is 0 Å². The first-order chi connectivity index (χ1) is 10.4. The minimum atomic E-state index is -0.833. The van der Waals surface area contributed by atoms with Crippen molar-refractivity contribution in [3.8, 4) is 0 Å². The third kappa shape index (κ3) is 1260. The van der Waals surface area contributed by atoms with Gasteiger partial charge in [-0.1, -0.05) is 0 Å². The Morgan fingerprint density at radius 2 is 0.360 bits per heavy atom. The third-order valence-corrected chi connectivity index (χ3v) is 0. The first kappa shape index (κ1) is 43.3. The zero-order chi connectivity index (χ0) is 21.5. The molecule has 0 fully saturated rings. The van der Waals surface area contributed by atoms with Crippen molar-refractivity contribution >= 4 is 35.8 Å². The smallest absolute Gasteiger partial charge is 0.300 e. The van der Waals surface area contributed by atoms with Crippen LogP contribution >= 0.6 is 0 Å². The number of hydrogen-bond donors (Lipinski definition) is 6. The van der Waals surface area contributed by atoms with Crippen LogP contribution in [0.4, 0.5) is 0 Å². The van der Waals surface area contributed by atoms with Crippen LogP contribution in [0.2, 0.25) is 0 Å².